The van der Waals surface area contributed by atoms with Crippen molar-refractivity contribution in [2.45, 2.75) is 34.6 Å². The van der Waals surface area contributed by atoms with Gasteiger partial charge in [0.1, 0.15) is 0 Å². The van der Waals surface area contributed by atoms with E-state index in [0.29, 0.717) is 12.5 Å². The molecule has 0 bridgehead atoms. The average Bonchev–Trinajstić information content (AvgIpc) is 2.27. The van der Waals surface area contributed by atoms with Crippen LogP contribution >= 0.6 is 0 Å². The maximum absolute atomic E-state index is 11.1. The first-order valence-electron chi connectivity index (χ1n) is 6.86. The van der Waals surface area contributed by atoms with E-state index in [9.17, 15) is 4.79 Å². The third-order valence-electron chi connectivity index (χ3n) is 3.19. The fraction of sp³-hybridized carbons (Fsp3) is 0.562. The zero-order valence-electron chi connectivity index (χ0n) is 12.6. The molecule has 3 heteroatoms. The smallest absolute Gasteiger partial charge is 0.308 e. The third kappa shape index (κ3) is 4.58. The fourth-order valence-electron chi connectivity index (χ4n) is 2.28. The summed E-state index contributed by atoms with van der Waals surface area (Å²) >= 11 is 0. The van der Waals surface area contributed by atoms with Crippen molar-refractivity contribution in [3.63, 3.8) is 0 Å². The Balaban J connectivity index is 2.98. The number of carboxylic acid groups (broad SMARTS) is 1. The summed E-state index contributed by atoms with van der Waals surface area (Å²) < 4.78 is 0. The van der Waals surface area contributed by atoms with Crippen LogP contribution in [0.2, 0.25) is 0 Å². The molecule has 1 atom stereocenters. The highest BCUT2D eigenvalue weighted by atomic mass is 16.4. The van der Waals surface area contributed by atoms with Gasteiger partial charge in [-0.15, -0.1) is 0 Å². The van der Waals surface area contributed by atoms with Gasteiger partial charge in [-0.25, -0.2) is 0 Å². The summed E-state index contributed by atoms with van der Waals surface area (Å²) in [4.78, 5) is 13.3. The summed E-state index contributed by atoms with van der Waals surface area (Å²) in [6, 6.07) is 6.33. The van der Waals surface area contributed by atoms with E-state index in [2.05, 4.69) is 50.8 Å². The van der Waals surface area contributed by atoms with Gasteiger partial charge in [0.05, 0.1) is 5.92 Å². The molecule has 1 rings (SSSR count). The number of hydrogen-bond acceptors (Lipinski definition) is 2. The van der Waals surface area contributed by atoms with Gasteiger partial charge in [0.15, 0.2) is 0 Å². The third-order valence-corrected chi connectivity index (χ3v) is 3.19. The van der Waals surface area contributed by atoms with Gasteiger partial charge in [-0.3, -0.25) is 4.79 Å². The van der Waals surface area contributed by atoms with E-state index in [4.69, 9.17) is 5.11 Å². The number of carbonyl (C=O) groups is 1. The molecule has 0 saturated heterocycles. The van der Waals surface area contributed by atoms with Gasteiger partial charge in [-0.1, -0.05) is 38.5 Å². The van der Waals surface area contributed by atoms with Crippen LogP contribution in [0.3, 0.4) is 0 Å². The minimum absolute atomic E-state index is 0.362. The number of rotatable bonds is 6. The van der Waals surface area contributed by atoms with Crippen LogP contribution in [0.15, 0.2) is 18.2 Å². The summed E-state index contributed by atoms with van der Waals surface area (Å²) in [5, 5.41) is 9.10. The molecule has 3 nitrogen and oxygen atoms in total. The minimum Gasteiger partial charge on any atom is -0.481 e. The van der Waals surface area contributed by atoms with Crippen molar-refractivity contribution in [3.05, 3.63) is 29.3 Å². The topological polar surface area (TPSA) is 40.5 Å². The van der Waals surface area contributed by atoms with Crippen LogP contribution in [-0.2, 0) is 4.79 Å². The molecule has 0 aromatic heterocycles. The molecule has 0 heterocycles. The van der Waals surface area contributed by atoms with Crippen molar-refractivity contribution in [2.75, 3.05) is 18.0 Å². The van der Waals surface area contributed by atoms with Gasteiger partial charge in [0.25, 0.3) is 0 Å². The first-order valence-corrected chi connectivity index (χ1v) is 6.86. The van der Waals surface area contributed by atoms with Gasteiger partial charge in [-0.2, -0.15) is 0 Å². The maximum Gasteiger partial charge on any atom is 0.308 e. The van der Waals surface area contributed by atoms with E-state index < -0.39 is 5.97 Å². The largest absolute Gasteiger partial charge is 0.481 e. The molecule has 0 spiro atoms. The van der Waals surface area contributed by atoms with E-state index in [0.717, 1.165) is 12.2 Å². The summed E-state index contributed by atoms with van der Waals surface area (Å²) in [6.07, 6.45) is 0. The monoisotopic (exact) mass is 263 g/mol. The fourth-order valence-corrected chi connectivity index (χ4v) is 2.28. The number of benzene rings is 1. The molecule has 0 amide bonds. The first kappa shape index (κ1) is 15.5. The Kier molecular flexibility index (Phi) is 5.40. The Bertz CT molecular complexity index is 440. The molecule has 1 unspecified atom stereocenters. The van der Waals surface area contributed by atoms with E-state index >= 15 is 0 Å². The SMILES string of the molecule is Cc1ccc(N(CC(C)C)CC(C)C(=O)O)c(C)c1. The second kappa shape index (κ2) is 6.60. The quantitative estimate of drug-likeness (QED) is 0.854. The second-order valence-corrected chi connectivity index (χ2v) is 5.83. The molecule has 0 aliphatic heterocycles. The summed E-state index contributed by atoms with van der Waals surface area (Å²) in [5.74, 6) is -0.598. The number of aliphatic carboxylic acids is 1. The number of aryl methyl sites for hydroxylation is 2. The van der Waals surface area contributed by atoms with Gasteiger partial charge in [0.2, 0.25) is 0 Å². The van der Waals surface area contributed by atoms with Crippen LogP contribution in [0.4, 0.5) is 5.69 Å². The highest BCUT2D eigenvalue weighted by molar-refractivity contribution is 5.70. The molecule has 1 aromatic carbocycles. The van der Waals surface area contributed by atoms with Crippen molar-refractivity contribution in [1.29, 1.82) is 0 Å². The number of carboxylic acids is 1. The Hall–Kier alpha value is -1.51. The highest BCUT2D eigenvalue weighted by Gasteiger charge is 2.18. The lowest BCUT2D eigenvalue weighted by Crippen LogP contribution is -2.35. The predicted molar refractivity (Wildman–Crippen MR) is 79.8 cm³/mol. The van der Waals surface area contributed by atoms with E-state index in [1.165, 1.54) is 11.1 Å². The molecule has 1 N–H and O–H groups in total. The van der Waals surface area contributed by atoms with Crippen molar-refractivity contribution >= 4 is 11.7 Å². The number of nitrogens with zero attached hydrogens (tertiary/aromatic N) is 1. The van der Waals surface area contributed by atoms with Crippen LogP contribution in [0, 0.1) is 25.7 Å². The molecular formula is C16H25NO2. The Morgan fingerprint density at radius 3 is 2.32 bits per heavy atom. The van der Waals surface area contributed by atoms with Crippen LogP contribution in [0.25, 0.3) is 0 Å². The Labute approximate surface area is 116 Å². The average molecular weight is 263 g/mol. The van der Waals surface area contributed by atoms with E-state index in [-0.39, 0.29) is 5.92 Å². The molecular weight excluding hydrogens is 238 g/mol. The molecule has 1 aromatic rings. The van der Waals surface area contributed by atoms with E-state index in [1.807, 2.05) is 0 Å². The van der Waals surface area contributed by atoms with Gasteiger partial charge < -0.3 is 10.0 Å². The van der Waals surface area contributed by atoms with Crippen molar-refractivity contribution in [2.24, 2.45) is 11.8 Å². The van der Waals surface area contributed by atoms with Crippen molar-refractivity contribution in [3.8, 4) is 0 Å². The zero-order valence-corrected chi connectivity index (χ0v) is 12.6. The van der Waals surface area contributed by atoms with Crippen molar-refractivity contribution < 1.29 is 9.90 Å². The van der Waals surface area contributed by atoms with Crippen molar-refractivity contribution in [1.82, 2.24) is 0 Å². The lowest BCUT2D eigenvalue weighted by Gasteiger charge is -2.30. The van der Waals surface area contributed by atoms with Crippen LogP contribution in [0.5, 0.6) is 0 Å². The molecule has 0 aliphatic carbocycles. The Morgan fingerprint density at radius 2 is 1.84 bits per heavy atom. The molecule has 0 radical (unpaired) electrons. The molecule has 0 saturated carbocycles. The summed E-state index contributed by atoms with van der Waals surface area (Å²) in [7, 11) is 0. The molecule has 106 valence electrons. The normalized spacial score (nSPS) is 12.5. The summed E-state index contributed by atoms with van der Waals surface area (Å²) in [5.41, 5.74) is 3.59. The minimum atomic E-state index is -0.737. The Morgan fingerprint density at radius 1 is 1.21 bits per heavy atom. The molecule has 0 aliphatic rings. The van der Waals surface area contributed by atoms with E-state index in [1.54, 1.807) is 6.92 Å². The standard InChI is InChI=1S/C16H25NO2/c1-11(2)9-17(10-14(5)16(18)19)15-7-6-12(3)8-13(15)4/h6-8,11,14H,9-10H2,1-5H3,(H,18,19). The van der Waals surface area contributed by atoms with Crippen LogP contribution in [-0.4, -0.2) is 24.2 Å². The van der Waals surface area contributed by atoms with Gasteiger partial charge >= 0.3 is 5.97 Å². The van der Waals surface area contributed by atoms with Gasteiger partial charge in [-0.05, 0) is 31.4 Å². The maximum atomic E-state index is 11.1. The summed E-state index contributed by atoms with van der Waals surface area (Å²) in [6.45, 7) is 11.7. The van der Waals surface area contributed by atoms with Crippen LogP contribution < -0.4 is 4.90 Å². The number of hydrogen-bond donors (Lipinski definition) is 1. The zero-order chi connectivity index (χ0) is 14.6. The lowest BCUT2D eigenvalue weighted by atomic mass is 10.1. The number of anilines is 1. The molecule has 0 fully saturated rings. The first-order chi connectivity index (χ1) is 8.81. The van der Waals surface area contributed by atoms with Gasteiger partial charge in [0, 0.05) is 18.8 Å². The lowest BCUT2D eigenvalue weighted by molar-refractivity contribution is -0.140. The second-order valence-electron chi connectivity index (χ2n) is 5.83. The highest BCUT2D eigenvalue weighted by Crippen LogP contribution is 2.23. The predicted octanol–water partition coefficient (Wildman–Crippen LogP) is 3.49. The van der Waals surface area contributed by atoms with Crippen LogP contribution in [0.1, 0.15) is 31.9 Å². The molecule has 19 heavy (non-hydrogen) atoms.